The minimum absolute atomic E-state index is 0.0191. The lowest BCUT2D eigenvalue weighted by Crippen LogP contribution is -2.06. The van der Waals surface area contributed by atoms with Crippen molar-refractivity contribution in [1.29, 1.82) is 0 Å². The molecule has 0 aliphatic heterocycles. The lowest BCUT2D eigenvalue weighted by atomic mass is 10.1. The van der Waals surface area contributed by atoms with Gasteiger partial charge in [-0.3, -0.25) is 0 Å². The van der Waals surface area contributed by atoms with E-state index >= 15 is 0 Å². The number of halogens is 1. The van der Waals surface area contributed by atoms with E-state index in [1.807, 2.05) is 53.8 Å². The van der Waals surface area contributed by atoms with Crippen LogP contribution in [0.2, 0.25) is 0 Å². The Morgan fingerprint density at radius 2 is 2.07 bits per heavy atom. The monoisotopic (exact) mass is 316 g/mol. The van der Waals surface area contributed by atoms with Gasteiger partial charge in [0.1, 0.15) is 6.10 Å². The van der Waals surface area contributed by atoms with Crippen LogP contribution in [0.15, 0.2) is 24.3 Å². The van der Waals surface area contributed by atoms with Gasteiger partial charge in [0.15, 0.2) is 0 Å². The zero-order valence-electron chi connectivity index (χ0n) is 8.53. The number of aryl methyl sites for hydroxylation is 1. The maximum Gasteiger partial charge on any atom is 0.144 e. The molecule has 0 fully saturated rings. The standard InChI is InChI=1S/C12H13IO2/c1-10-2-4-11(5-3-10)12(6-7-13)15-9-8-14/h2-5,12,14H,8-9H2,1H3. The van der Waals surface area contributed by atoms with Crippen molar-refractivity contribution < 1.29 is 9.84 Å². The van der Waals surface area contributed by atoms with Gasteiger partial charge in [0.05, 0.1) is 13.2 Å². The Hall–Kier alpha value is -0.570. The first-order valence-corrected chi connectivity index (χ1v) is 5.76. The maximum absolute atomic E-state index is 8.70. The third-order valence-electron chi connectivity index (χ3n) is 1.94. The Morgan fingerprint density at radius 3 is 2.60 bits per heavy atom. The molecule has 1 aromatic rings. The fourth-order valence-electron chi connectivity index (χ4n) is 1.18. The summed E-state index contributed by atoms with van der Waals surface area (Å²) in [7, 11) is 0. The van der Waals surface area contributed by atoms with Gasteiger partial charge in [-0.2, -0.15) is 0 Å². The summed E-state index contributed by atoms with van der Waals surface area (Å²) in [6.07, 6.45) is -0.241. The van der Waals surface area contributed by atoms with Crippen LogP contribution in [0.3, 0.4) is 0 Å². The molecule has 0 aliphatic carbocycles. The van der Waals surface area contributed by atoms with Crippen molar-refractivity contribution in [3.8, 4) is 9.85 Å². The fraction of sp³-hybridized carbons (Fsp3) is 0.333. The molecule has 1 unspecified atom stereocenters. The summed E-state index contributed by atoms with van der Waals surface area (Å²) in [5.74, 6) is 2.96. The van der Waals surface area contributed by atoms with Crippen LogP contribution >= 0.6 is 22.6 Å². The summed E-state index contributed by atoms with van der Waals surface area (Å²) in [5.41, 5.74) is 2.24. The second-order valence-electron chi connectivity index (χ2n) is 3.12. The third kappa shape index (κ3) is 4.20. The summed E-state index contributed by atoms with van der Waals surface area (Å²) < 4.78 is 8.23. The molecule has 1 rings (SSSR count). The average molecular weight is 316 g/mol. The van der Waals surface area contributed by atoms with E-state index in [0.29, 0.717) is 6.61 Å². The van der Waals surface area contributed by atoms with Gasteiger partial charge in [-0.15, -0.1) is 0 Å². The van der Waals surface area contributed by atoms with Crippen molar-refractivity contribution in [2.24, 2.45) is 0 Å². The average Bonchev–Trinajstić information content (AvgIpc) is 2.25. The number of benzene rings is 1. The molecule has 0 aromatic heterocycles. The van der Waals surface area contributed by atoms with Gasteiger partial charge >= 0.3 is 0 Å². The molecule has 0 aliphatic rings. The van der Waals surface area contributed by atoms with Crippen LogP contribution < -0.4 is 0 Å². The van der Waals surface area contributed by atoms with Crippen LogP contribution in [0.5, 0.6) is 0 Å². The highest BCUT2D eigenvalue weighted by molar-refractivity contribution is 14.1. The van der Waals surface area contributed by atoms with Gasteiger partial charge < -0.3 is 9.84 Å². The normalized spacial score (nSPS) is 11.7. The van der Waals surface area contributed by atoms with Gasteiger partial charge in [-0.25, -0.2) is 0 Å². The number of hydrogen-bond donors (Lipinski definition) is 1. The highest BCUT2D eigenvalue weighted by atomic mass is 127. The van der Waals surface area contributed by atoms with Gasteiger partial charge in [0.2, 0.25) is 0 Å². The van der Waals surface area contributed by atoms with Crippen LogP contribution in [0.1, 0.15) is 17.2 Å². The lowest BCUT2D eigenvalue weighted by molar-refractivity contribution is 0.0593. The molecule has 3 heteroatoms. The van der Waals surface area contributed by atoms with E-state index in [2.05, 4.69) is 9.85 Å². The van der Waals surface area contributed by atoms with Crippen molar-refractivity contribution >= 4 is 22.6 Å². The number of ether oxygens (including phenoxy) is 1. The van der Waals surface area contributed by atoms with Crippen LogP contribution in [0.4, 0.5) is 0 Å². The molecular weight excluding hydrogens is 303 g/mol. The maximum atomic E-state index is 8.70. The first kappa shape index (κ1) is 12.5. The quantitative estimate of drug-likeness (QED) is 0.683. The molecular formula is C12H13IO2. The molecule has 1 aromatic carbocycles. The summed E-state index contributed by atoms with van der Waals surface area (Å²) in [4.78, 5) is 0. The molecule has 0 spiro atoms. The summed E-state index contributed by atoms with van der Waals surface area (Å²) >= 11 is 1.98. The minimum Gasteiger partial charge on any atom is -0.394 e. The van der Waals surface area contributed by atoms with Gasteiger partial charge in [0, 0.05) is 22.6 Å². The molecule has 0 heterocycles. The van der Waals surface area contributed by atoms with E-state index in [1.165, 1.54) is 5.56 Å². The first-order chi connectivity index (χ1) is 7.27. The predicted molar refractivity (Wildman–Crippen MR) is 68.8 cm³/mol. The van der Waals surface area contributed by atoms with Crippen molar-refractivity contribution in [1.82, 2.24) is 0 Å². The molecule has 80 valence electrons. The SMILES string of the molecule is Cc1ccc(C(C#CI)OCCO)cc1. The zero-order chi connectivity index (χ0) is 11.1. The third-order valence-corrected chi connectivity index (χ3v) is 2.25. The van der Waals surface area contributed by atoms with E-state index in [1.54, 1.807) is 0 Å². The molecule has 0 saturated carbocycles. The largest absolute Gasteiger partial charge is 0.394 e. The highest BCUT2D eigenvalue weighted by Crippen LogP contribution is 2.17. The summed E-state index contributed by atoms with van der Waals surface area (Å²) in [6, 6.07) is 8.05. The smallest absolute Gasteiger partial charge is 0.144 e. The van der Waals surface area contributed by atoms with E-state index < -0.39 is 0 Å². The molecule has 0 bridgehead atoms. The number of hydrogen-bond acceptors (Lipinski definition) is 2. The van der Waals surface area contributed by atoms with E-state index in [9.17, 15) is 0 Å². The van der Waals surface area contributed by atoms with Crippen molar-refractivity contribution in [2.45, 2.75) is 13.0 Å². The summed E-state index contributed by atoms with van der Waals surface area (Å²) in [5, 5.41) is 8.70. The van der Waals surface area contributed by atoms with Crippen LogP contribution in [-0.2, 0) is 4.74 Å². The summed E-state index contributed by atoms with van der Waals surface area (Å²) in [6.45, 7) is 2.37. The molecule has 0 radical (unpaired) electrons. The zero-order valence-corrected chi connectivity index (χ0v) is 10.7. The van der Waals surface area contributed by atoms with Crippen molar-refractivity contribution in [2.75, 3.05) is 13.2 Å². The lowest BCUT2D eigenvalue weighted by Gasteiger charge is -2.11. The second-order valence-corrected chi connectivity index (χ2v) is 3.66. The van der Waals surface area contributed by atoms with Gasteiger partial charge in [-0.05, 0) is 16.4 Å². The van der Waals surface area contributed by atoms with Crippen LogP contribution in [-0.4, -0.2) is 18.3 Å². The topological polar surface area (TPSA) is 29.5 Å². The van der Waals surface area contributed by atoms with E-state index in [0.717, 1.165) is 5.56 Å². The molecule has 1 atom stereocenters. The molecule has 0 saturated heterocycles. The highest BCUT2D eigenvalue weighted by Gasteiger charge is 2.07. The Labute approximate surface area is 104 Å². The number of aliphatic hydroxyl groups is 1. The molecule has 2 nitrogen and oxygen atoms in total. The van der Waals surface area contributed by atoms with Crippen LogP contribution in [0.25, 0.3) is 0 Å². The van der Waals surface area contributed by atoms with Crippen molar-refractivity contribution in [3.05, 3.63) is 35.4 Å². The number of aliphatic hydroxyl groups excluding tert-OH is 1. The second kappa shape index (κ2) is 6.83. The Morgan fingerprint density at radius 1 is 1.40 bits per heavy atom. The molecule has 15 heavy (non-hydrogen) atoms. The fourth-order valence-corrected chi connectivity index (χ4v) is 1.47. The Balaban J connectivity index is 2.77. The molecule has 1 N–H and O–H groups in total. The Kier molecular flexibility index (Phi) is 5.69. The Bertz CT molecular complexity index is 348. The minimum atomic E-state index is -0.241. The van der Waals surface area contributed by atoms with Gasteiger partial charge in [-0.1, -0.05) is 35.7 Å². The van der Waals surface area contributed by atoms with Crippen molar-refractivity contribution in [3.63, 3.8) is 0 Å². The predicted octanol–water partition coefficient (Wildman–Crippen LogP) is 2.44. The van der Waals surface area contributed by atoms with E-state index in [-0.39, 0.29) is 12.7 Å². The first-order valence-electron chi connectivity index (χ1n) is 4.68. The van der Waals surface area contributed by atoms with Gasteiger partial charge in [0.25, 0.3) is 0 Å². The number of rotatable bonds is 4. The molecule has 0 amide bonds. The van der Waals surface area contributed by atoms with Crippen LogP contribution in [0, 0.1) is 16.8 Å². The van der Waals surface area contributed by atoms with E-state index in [4.69, 9.17) is 9.84 Å².